The van der Waals surface area contributed by atoms with Crippen molar-refractivity contribution in [2.24, 2.45) is 16.3 Å². The summed E-state index contributed by atoms with van der Waals surface area (Å²) in [7, 11) is 0. The number of nitrogens with two attached hydrogens (primary N) is 1. The first-order chi connectivity index (χ1) is 6.39. The van der Waals surface area contributed by atoms with Gasteiger partial charge >= 0.3 is 6.03 Å². The van der Waals surface area contributed by atoms with Gasteiger partial charge in [-0.1, -0.05) is 25.4 Å². The van der Waals surface area contributed by atoms with Crippen molar-refractivity contribution in [3.8, 4) is 0 Å². The van der Waals surface area contributed by atoms with Gasteiger partial charge in [-0.3, -0.25) is 0 Å². The predicted octanol–water partition coefficient (Wildman–Crippen LogP) is 1.95. The van der Waals surface area contributed by atoms with Crippen molar-refractivity contribution in [3.05, 3.63) is 11.1 Å². The van der Waals surface area contributed by atoms with E-state index in [-0.39, 0.29) is 5.41 Å². The number of carbonyl (C=O) groups excluding carboxylic acids is 1. The highest BCUT2D eigenvalue weighted by molar-refractivity contribution is 6.31. The van der Waals surface area contributed by atoms with Crippen molar-refractivity contribution in [3.63, 3.8) is 0 Å². The summed E-state index contributed by atoms with van der Waals surface area (Å²) in [6.45, 7) is 4.20. The van der Waals surface area contributed by atoms with Crippen LogP contribution in [-0.4, -0.2) is 11.7 Å². The van der Waals surface area contributed by atoms with Gasteiger partial charge in [-0.2, -0.15) is 5.10 Å². The molecule has 1 aliphatic rings. The molecule has 0 atom stereocenters. The summed E-state index contributed by atoms with van der Waals surface area (Å²) in [5.74, 6) is 0. The molecule has 3 N–H and O–H groups in total. The van der Waals surface area contributed by atoms with Crippen LogP contribution in [-0.2, 0) is 0 Å². The van der Waals surface area contributed by atoms with Crippen molar-refractivity contribution >= 4 is 23.3 Å². The number of hydrogen-bond acceptors (Lipinski definition) is 2. The molecule has 0 radical (unpaired) electrons. The molecule has 1 aliphatic carbocycles. The molecular formula is C9H14ClN3O. The van der Waals surface area contributed by atoms with Gasteiger partial charge in [-0.05, 0) is 24.3 Å². The Morgan fingerprint density at radius 1 is 1.64 bits per heavy atom. The number of nitrogens with one attached hydrogen (secondary N) is 1. The highest BCUT2D eigenvalue weighted by atomic mass is 35.5. The fraction of sp³-hybridized carbons (Fsp3) is 0.556. The Bertz CT molecular complexity index is 307. The minimum atomic E-state index is -0.662. The molecule has 0 unspecified atom stereocenters. The van der Waals surface area contributed by atoms with Gasteiger partial charge in [0.15, 0.2) is 0 Å². The molecule has 0 aromatic carbocycles. The van der Waals surface area contributed by atoms with E-state index in [1.54, 1.807) is 6.08 Å². The van der Waals surface area contributed by atoms with E-state index in [0.717, 1.165) is 23.6 Å². The largest absolute Gasteiger partial charge is 0.350 e. The molecule has 0 heterocycles. The second-order valence-electron chi connectivity index (χ2n) is 4.19. The van der Waals surface area contributed by atoms with Crippen LogP contribution in [0, 0.1) is 5.41 Å². The fourth-order valence-corrected chi connectivity index (χ4v) is 1.98. The molecule has 0 aromatic heterocycles. The van der Waals surface area contributed by atoms with Crippen LogP contribution in [0.5, 0.6) is 0 Å². The molecule has 1 rings (SSSR count). The van der Waals surface area contributed by atoms with E-state index in [1.165, 1.54) is 0 Å². The highest BCUT2D eigenvalue weighted by Gasteiger charge is 2.25. The monoisotopic (exact) mass is 215 g/mol. The molecule has 0 aliphatic heterocycles. The number of amides is 2. The van der Waals surface area contributed by atoms with Gasteiger partial charge in [0.05, 0.1) is 5.71 Å². The van der Waals surface area contributed by atoms with Crippen molar-refractivity contribution in [2.45, 2.75) is 26.7 Å². The van der Waals surface area contributed by atoms with Gasteiger partial charge in [0.25, 0.3) is 0 Å². The van der Waals surface area contributed by atoms with E-state index in [0.29, 0.717) is 0 Å². The smallest absolute Gasteiger partial charge is 0.332 e. The van der Waals surface area contributed by atoms with E-state index in [4.69, 9.17) is 17.3 Å². The average molecular weight is 216 g/mol. The van der Waals surface area contributed by atoms with Gasteiger partial charge < -0.3 is 5.73 Å². The van der Waals surface area contributed by atoms with Crippen LogP contribution < -0.4 is 11.2 Å². The Morgan fingerprint density at radius 2 is 2.29 bits per heavy atom. The zero-order chi connectivity index (χ0) is 10.8. The molecule has 4 nitrogen and oxygen atoms in total. The second-order valence-corrected chi connectivity index (χ2v) is 4.67. The van der Waals surface area contributed by atoms with Crippen LogP contribution in [0.1, 0.15) is 26.7 Å². The average Bonchev–Trinajstić information content (AvgIpc) is 1.96. The topological polar surface area (TPSA) is 67.5 Å². The number of primary amides is 1. The predicted molar refractivity (Wildman–Crippen MR) is 57.1 cm³/mol. The van der Waals surface area contributed by atoms with E-state index in [9.17, 15) is 4.79 Å². The molecule has 0 saturated heterocycles. The normalized spacial score (nSPS) is 23.1. The van der Waals surface area contributed by atoms with Crippen LogP contribution in [0.4, 0.5) is 4.79 Å². The number of allylic oxidation sites excluding steroid dienone is 2. The first kappa shape index (κ1) is 11.0. The second kappa shape index (κ2) is 4.00. The van der Waals surface area contributed by atoms with Crippen LogP contribution in [0.2, 0.25) is 0 Å². The van der Waals surface area contributed by atoms with Gasteiger partial charge in [0.2, 0.25) is 0 Å². The summed E-state index contributed by atoms with van der Waals surface area (Å²) in [4.78, 5) is 10.4. The number of halogens is 1. The lowest BCUT2D eigenvalue weighted by atomic mass is 9.80. The van der Waals surface area contributed by atoms with E-state index >= 15 is 0 Å². The zero-order valence-electron chi connectivity index (χ0n) is 8.30. The summed E-state index contributed by atoms with van der Waals surface area (Å²) >= 11 is 5.95. The summed E-state index contributed by atoms with van der Waals surface area (Å²) in [6, 6.07) is -0.662. The van der Waals surface area contributed by atoms with Gasteiger partial charge in [-0.15, -0.1) is 0 Å². The minimum Gasteiger partial charge on any atom is -0.350 e. The van der Waals surface area contributed by atoms with E-state index in [2.05, 4.69) is 24.4 Å². The Morgan fingerprint density at radius 3 is 2.79 bits per heavy atom. The first-order valence-electron chi connectivity index (χ1n) is 4.37. The number of nitrogens with zero attached hydrogens (tertiary/aromatic N) is 1. The lowest BCUT2D eigenvalue weighted by Gasteiger charge is -2.28. The fourth-order valence-electron chi connectivity index (χ4n) is 1.49. The molecule has 5 heteroatoms. The molecule has 0 saturated carbocycles. The first-order valence-corrected chi connectivity index (χ1v) is 4.75. The molecule has 0 spiro atoms. The number of hydrazone groups is 1. The van der Waals surface area contributed by atoms with E-state index < -0.39 is 6.03 Å². The molecule has 0 bridgehead atoms. The lowest BCUT2D eigenvalue weighted by Crippen LogP contribution is -2.28. The minimum absolute atomic E-state index is 0.0873. The summed E-state index contributed by atoms with van der Waals surface area (Å²) in [5.41, 5.74) is 7.94. The summed E-state index contributed by atoms with van der Waals surface area (Å²) in [6.07, 6.45) is 3.39. The van der Waals surface area contributed by atoms with Gasteiger partial charge in [0, 0.05) is 5.03 Å². The molecule has 0 fully saturated rings. The maximum Gasteiger partial charge on any atom is 0.332 e. The summed E-state index contributed by atoms with van der Waals surface area (Å²) in [5, 5.41) is 4.62. The highest BCUT2D eigenvalue weighted by Crippen LogP contribution is 2.35. The number of rotatable bonds is 1. The Balaban J connectivity index is 2.76. The van der Waals surface area contributed by atoms with Crippen LogP contribution >= 0.6 is 11.6 Å². The van der Waals surface area contributed by atoms with Crippen molar-refractivity contribution < 1.29 is 4.79 Å². The molecule has 0 aromatic rings. The van der Waals surface area contributed by atoms with E-state index in [1.807, 2.05) is 0 Å². The number of urea groups is 1. The van der Waals surface area contributed by atoms with Crippen LogP contribution in [0.25, 0.3) is 0 Å². The summed E-state index contributed by atoms with van der Waals surface area (Å²) < 4.78 is 0. The Labute approximate surface area is 88.2 Å². The SMILES string of the molecule is CC1(C)CC(Cl)=C/C(=N\NC(N)=O)C1. The molecule has 14 heavy (non-hydrogen) atoms. The number of hydrogen-bond donors (Lipinski definition) is 2. The van der Waals surface area contributed by atoms with Crippen molar-refractivity contribution in [2.75, 3.05) is 0 Å². The van der Waals surface area contributed by atoms with Gasteiger partial charge in [-0.25, -0.2) is 10.2 Å². The molecule has 2 amide bonds. The van der Waals surface area contributed by atoms with Crippen molar-refractivity contribution in [1.29, 1.82) is 0 Å². The third-order valence-electron chi connectivity index (χ3n) is 1.94. The molecular weight excluding hydrogens is 202 g/mol. The Kier molecular flexibility index (Phi) is 3.16. The van der Waals surface area contributed by atoms with Crippen LogP contribution in [0.3, 0.4) is 0 Å². The standard InChI is InChI=1S/C9H14ClN3O/c1-9(2)4-6(10)3-7(5-9)12-13-8(11)14/h3H,4-5H2,1-2H3,(H3,11,13,14)/b12-7+. The lowest BCUT2D eigenvalue weighted by molar-refractivity contribution is 0.249. The quantitative estimate of drug-likeness (QED) is 0.645. The Hall–Kier alpha value is -1.03. The maximum atomic E-state index is 10.4. The number of carbonyl (C=O) groups is 1. The third-order valence-corrected chi connectivity index (χ3v) is 2.18. The third kappa shape index (κ3) is 3.38. The van der Waals surface area contributed by atoms with Crippen LogP contribution in [0.15, 0.2) is 16.2 Å². The van der Waals surface area contributed by atoms with Crippen molar-refractivity contribution in [1.82, 2.24) is 5.43 Å². The van der Waals surface area contributed by atoms with Gasteiger partial charge in [0.1, 0.15) is 0 Å². The maximum absolute atomic E-state index is 10.4. The molecule has 78 valence electrons. The zero-order valence-corrected chi connectivity index (χ0v) is 9.06.